The molecule has 1 saturated carbocycles. The Morgan fingerprint density at radius 2 is 1.87 bits per heavy atom. The molecule has 6 nitrogen and oxygen atoms in total. The molecule has 0 radical (unpaired) electrons. The molecule has 0 bridgehead atoms. The number of benzene rings is 2. The highest BCUT2D eigenvalue weighted by Gasteiger charge is 2.32. The maximum Gasteiger partial charge on any atom is 0.229 e. The number of hydrogen-bond donors (Lipinski definition) is 1. The maximum atomic E-state index is 13.0. The zero-order valence-electron chi connectivity index (χ0n) is 17.8. The molecule has 1 fully saturated rings. The highest BCUT2D eigenvalue weighted by atomic mass is 16.2. The fraction of sp³-hybridized carbons (Fsp3) is 0.375. The predicted octanol–water partition coefficient (Wildman–Crippen LogP) is 3.90. The largest absolute Gasteiger partial charge is 0.353 e. The van der Waals surface area contributed by atoms with Crippen LogP contribution in [-0.2, 0) is 16.6 Å². The van der Waals surface area contributed by atoms with Gasteiger partial charge in [-0.25, -0.2) is 4.98 Å². The molecule has 1 heterocycles. The number of fused-ring (bicyclic) bond motifs is 1. The third-order valence-electron chi connectivity index (χ3n) is 6.10. The van der Waals surface area contributed by atoms with Gasteiger partial charge in [0.1, 0.15) is 5.82 Å². The molecule has 2 unspecified atom stereocenters. The average Bonchev–Trinajstić information content (AvgIpc) is 3.37. The van der Waals surface area contributed by atoms with Gasteiger partial charge in [-0.15, -0.1) is 0 Å². The number of imidazole rings is 1. The zero-order valence-corrected chi connectivity index (χ0v) is 17.8. The molecule has 6 heteroatoms. The van der Waals surface area contributed by atoms with Crippen molar-refractivity contribution in [3.8, 4) is 11.4 Å². The van der Waals surface area contributed by atoms with E-state index in [-0.39, 0.29) is 23.8 Å². The molecule has 0 spiro atoms. The van der Waals surface area contributed by atoms with Gasteiger partial charge in [-0.05, 0) is 55.7 Å². The Morgan fingerprint density at radius 3 is 2.57 bits per heavy atom. The van der Waals surface area contributed by atoms with Gasteiger partial charge in [0.2, 0.25) is 11.8 Å². The van der Waals surface area contributed by atoms with Crippen LogP contribution in [-0.4, -0.2) is 34.5 Å². The first-order valence-corrected chi connectivity index (χ1v) is 10.6. The van der Waals surface area contributed by atoms with Gasteiger partial charge in [0.05, 0.1) is 11.0 Å². The van der Waals surface area contributed by atoms with Crippen LogP contribution in [0.2, 0.25) is 0 Å². The number of aromatic nitrogens is 2. The summed E-state index contributed by atoms with van der Waals surface area (Å²) in [4.78, 5) is 31.1. The lowest BCUT2D eigenvalue weighted by atomic mass is 10.1. The molecule has 1 aliphatic carbocycles. The average molecular weight is 405 g/mol. The van der Waals surface area contributed by atoms with Crippen molar-refractivity contribution in [1.29, 1.82) is 0 Å². The van der Waals surface area contributed by atoms with Crippen molar-refractivity contribution in [3.05, 3.63) is 48.5 Å². The van der Waals surface area contributed by atoms with Crippen LogP contribution in [0.4, 0.5) is 5.69 Å². The Morgan fingerprint density at radius 1 is 1.13 bits per heavy atom. The molecule has 3 aromatic rings. The van der Waals surface area contributed by atoms with Gasteiger partial charge in [-0.2, -0.15) is 0 Å². The van der Waals surface area contributed by atoms with Crippen LogP contribution in [0.3, 0.4) is 0 Å². The van der Waals surface area contributed by atoms with Gasteiger partial charge in [-0.3, -0.25) is 9.59 Å². The summed E-state index contributed by atoms with van der Waals surface area (Å²) < 4.78 is 2.09. The number of para-hydroxylation sites is 2. The van der Waals surface area contributed by atoms with Gasteiger partial charge < -0.3 is 14.8 Å². The van der Waals surface area contributed by atoms with E-state index >= 15 is 0 Å². The number of carbonyl (C=O) groups excluding carboxylic acids is 2. The van der Waals surface area contributed by atoms with Crippen LogP contribution < -0.4 is 10.2 Å². The van der Waals surface area contributed by atoms with Gasteiger partial charge in [0.25, 0.3) is 0 Å². The highest BCUT2D eigenvalue weighted by molar-refractivity contribution is 5.95. The zero-order chi connectivity index (χ0) is 21.3. The lowest BCUT2D eigenvalue weighted by Crippen LogP contribution is -2.35. The van der Waals surface area contributed by atoms with Crippen LogP contribution in [0, 0.1) is 5.92 Å². The number of amides is 2. The molecule has 1 aromatic heterocycles. The number of anilines is 1. The number of aryl methyl sites for hydroxylation is 1. The van der Waals surface area contributed by atoms with Crippen molar-refractivity contribution in [3.63, 3.8) is 0 Å². The molecule has 30 heavy (non-hydrogen) atoms. The molecule has 0 aliphatic heterocycles. The van der Waals surface area contributed by atoms with E-state index in [4.69, 9.17) is 4.98 Å². The number of carbonyl (C=O) groups is 2. The first-order valence-electron chi connectivity index (χ1n) is 10.6. The molecule has 156 valence electrons. The summed E-state index contributed by atoms with van der Waals surface area (Å²) in [6, 6.07) is 16.2. The van der Waals surface area contributed by atoms with E-state index in [0.717, 1.165) is 41.0 Å². The summed E-state index contributed by atoms with van der Waals surface area (Å²) in [6.07, 6.45) is 2.87. The Labute approximate surface area is 176 Å². The van der Waals surface area contributed by atoms with E-state index in [1.54, 1.807) is 4.90 Å². The minimum atomic E-state index is -0.0447. The second-order valence-electron chi connectivity index (χ2n) is 8.06. The van der Waals surface area contributed by atoms with Crippen molar-refractivity contribution in [2.45, 2.75) is 38.6 Å². The van der Waals surface area contributed by atoms with Crippen molar-refractivity contribution in [2.75, 3.05) is 11.9 Å². The smallest absolute Gasteiger partial charge is 0.229 e. The van der Waals surface area contributed by atoms with E-state index in [1.807, 2.05) is 63.5 Å². The van der Waals surface area contributed by atoms with Crippen LogP contribution >= 0.6 is 0 Å². The van der Waals surface area contributed by atoms with Crippen LogP contribution in [0.1, 0.15) is 32.6 Å². The second kappa shape index (κ2) is 8.30. The van der Waals surface area contributed by atoms with E-state index in [1.165, 1.54) is 0 Å². The quantitative estimate of drug-likeness (QED) is 0.701. The van der Waals surface area contributed by atoms with Gasteiger partial charge in [0, 0.05) is 43.7 Å². The Bertz CT molecular complexity index is 1070. The first-order chi connectivity index (χ1) is 14.5. The predicted molar refractivity (Wildman–Crippen MR) is 119 cm³/mol. The molecular weight excluding hydrogens is 376 g/mol. The van der Waals surface area contributed by atoms with Crippen molar-refractivity contribution in [1.82, 2.24) is 14.9 Å². The van der Waals surface area contributed by atoms with E-state index in [9.17, 15) is 9.59 Å². The summed E-state index contributed by atoms with van der Waals surface area (Å²) in [5.74, 6) is 1.02. The first kappa shape index (κ1) is 20.1. The summed E-state index contributed by atoms with van der Waals surface area (Å²) in [5, 5.41) is 3.01. The van der Waals surface area contributed by atoms with E-state index in [0.29, 0.717) is 12.8 Å². The van der Waals surface area contributed by atoms with Crippen LogP contribution in [0.25, 0.3) is 22.4 Å². The van der Waals surface area contributed by atoms with Crippen molar-refractivity contribution >= 4 is 28.5 Å². The van der Waals surface area contributed by atoms with Crippen LogP contribution in [0.15, 0.2) is 48.5 Å². The highest BCUT2D eigenvalue weighted by Crippen LogP contribution is 2.30. The summed E-state index contributed by atoms with van der Waals surface area (Å²) in [6.45, 7) is 1.85. The SMILES string of the molecule is CCC(=O)NC1CCC(C(=O)N(C)c2ccc(-c3nc4ccccc4n3C)cc2)C1. The normalized spacial score (nSPS) is 18.5. The number of nitrogens with one attached hydrogen (secondary N) is 1. The standard InChI is InChI=1S/C24H28N4O2/c1-4-22(29)25-18-12-9-17(15-18)24(30)27(2)19-13-10-16(11-14-19)23-26-20-7-5-6-8-21(20)28(23)3/h5-8,10-11,13-14,17-18H,4,9,12,15H2,1-3H3,(H,25,29). The minimum absolute atomic E-state index is 0.0447. The number of rotatable bonds is 5. The number of hydrogen-bond acceptors (Lipinski definition) is 3. The van der Waals surface area contributed by atoms with Crippen LogP contribution in [0.5, 0.6) is 0 Å². The van der Waals surface area contributed by atoms with Gasteiger partial charge in [0.15, 0.2) is 0 Å². The Hall–Kier alpha value is -3.15. The van der Waals surface area contributed by atoms with E-state index in [2.05, 4.69) is 16.0 Å². The maximum absolute atomic E-state index is 13.0. The molecule has 1 aliphatic rings. The lowest BCUT2D eigenvalue weighted by Gasteiger charge is -2.21. The summed E-state index contributed by atoms with van der Waals surface area (Å²) >= 11 is 0. The fourth-order valence-electron chi connectivity index (χ4n) is 4.31. The Balaban J connectivity index is 1.46. The van der Waals surface area contributed by atoms with Crippen molar-refractivity contribution in [2.24, 2.45) is 13.0 Å². The minimum Gasteiger partial charge on any atom is -0.353 e. The summed E-state index contributed by atoms with van der Waals surface area (Å²) in [7, 11) is 3.84. The molecule has 2 aromatic carbocycles. The molecule has 0 saturated heterocycles. The van der Waals surface area contributed by atoms with Gasteiger partial charge >= 0.3 is 0 Å². The Kier molecular flexibility index (Phi) is 5.57. The molecule has 1 N–H and O–H groups in total. The second-order valence-corrected chi connectivity index (χ2v) is 8.06. The third-order valence-corrected chi connectivity index (χ3v) is 6.10. The summed E-state index contributed by atoms with van der Waals surface area (Å²) in [5.41, 5.74) is 3.94. The van der Waals surface area contributed by atoms with E-state index < -0.39 is 0 Å². The van der Waals surface area contributed by atoms with Gasteiger partial charge in [-0.1, -0.05) is 19.1 Å². The molecule has 4 rings (SSSR count). The molecule has 2 amide bonds. The molecule has 2 atom stereocenters. The third kappa shape index (κ3) is 3.82. The lowest BCUT2D eigenvalue weighted by molar-refractivity contribution is -0.123. The monoisotopic (exact) mass is 404 g/mol. The van der Waals surface area contributed by atoms with Crippen molar-refractivity contribution < 1.29 is 9.59 Å². The number of nitrogens with zero attached hydrogens (tertiary/aromatic N) is 3. The topological polar surface area (TPSA) is 67.2 Å². The molecular formula is C24H28N4O2. The fourth-order valence-corrected chi connectivity index (χ4v) is 4.31.